The first-order valence-electron chi connectivity index (χ1n) is 13.3. The Labute approximate surface area is 200 Å². The number of hydrogen-bond donors (Lipinski definition) is 1. The van der Waals surface area contributed by atoms with E-state index in [0.717, 1.165) is 19.3 Å². The number of nitrogens with two attached hydrogens (primary N) is 1. The van der Waals surface area contributed by atoms with Crippen LogP contribution in [-0.4, -0.2) is 34.7 Å². The molecule has 1 saturated heterocycles. The summed E-state index contributed by atoms with van der Waals surface area (Å²) in [4.78, 5) is 51.6. The molecule has 1 atom stereocenters. The number of Topliss-reactive ketones (excluding diaryl/α,β-unsaturated/α-hetero) is 1. The third-order valence-corrected chi connectivity index (χ3v) is 6.30. The molecule has 0 spiro atoms. The van der Waals surface area contributed by atoms with Gasteiger partial charge in [0.15, 0.2) is 0 Å². The minimum Gasteiger partial charge on any atom is -0.330 e. The predicted octanol–water partition coefficient (Wildman–Crippen LogP) is 5.53. The van der Waals surface area contributed by atoms with Gasteiger partial charge in [0.2, 0.25) is 0 Å². The van der Waals surface area contributed by atoms with Gasteiger partial charge in [0.05, 0.1) is 6.04 Å². The van der Waals surface area contributed by atoms with Crippen LogP contribution >= 0.6 is 0 Å². The Bertz CT molecular complexity index is 577. The number of carbonyl (C=O) groups is 4. The normalized spacial score (nSPS) is 14.7. The molecule has 1 rings (SSSR count). The van der Waals surface area contributed by atoms with Crippen LogP contribution in [0.5, 0.6) is 0 Å². The largest absolute Gasteiger partial charge is 0.333 e. The zero-order valence-electron chi connectivity index (χ0n) is 20.8. The van der Waals surface area contributed by atoms with Crippen LogP contribution in [0.15, 0.2) is 0 Å². The van der Waals surface area contributed by atoms with Gasteiger partial charge in [-0.3, -0.25) is 14.4 Å². The zero-order valence-corrected chi connectivity index (χ0v) is 20.8. The van der Waals surface area contributed by atoms with Gasteiger partial charge in [-0.1, -0.05) is 96.8 Å². The molecule has 2 N–H and O–H groups in total. The van der Waals surface area contributed by atoms with E-state index in [1.807, 2.05) is 0 Å². The number of hydrogen-bond acceptors (Lipinski definition) is 6. The van der Waals surface area contributed by atoms with E-state index < -0.39 is 23.8 Å². The predicted molar refractivity (Wildman–Crippen MR) is 129 cm³/mol. The number of carbonyl (C=O) groups excluding carboxylic acids is 4. The molecular weight excluding hydrogens is 420 g/mol. The highest BCUT2D eigenvalue weighted by Crippen LogP contribution is 2.15. The molecule has 190 valence electrons. The van der Waals surface area contributed by atoms with Gasteiger partial charge in [0.25, 0.3) is 11.8 Å². The third-order valence-electron chi connectivity index (χ3n) is 6.30. The lowest BCUT2D eigenvalue weighted by Crippen LogP contribution is -2.34. The van der Waals surface area contributed by atoms with Gasteiger partial charge in [-0.25, -0.2) is 4.79 Å². The lowest BCUT2D eigenvalue weighted by Gasteiger charge is -2.14. The Morgan fingerprint density at radius 1 is 0.758 bits per heavy atom. The van der Waals surface area contributed by atoms with Gasteiger partial charge < -0.3 is 10.6 Å². The fraction of sp³-hybridized carbons (Fsp3) is 0.846. The molecule has 0 saturated carbocycles. The van der Waals surface area contributed by atoms with E-state index in [4.69, 9.17) is 10.6 Å². The number of unbranched alkanes of at least 4 members (excludes halogenated alkanes) is 14. The van der Waals surface area contributed by atoms with Crippen LogP contribution in [0.2, 0.25) is 0 Å². The summed E-state index contributed by atoms with van der Waals surface area (Å²) in [5.41, 5.74) is 5.88. The highest BCUT2D eigenvalue weighted by atomic mass is 16.7. The number of nitrogens with zero attached hydrogens (tertiary/aromatic N) is 1. The van der Waals surface area contributed by atoms with Crippen LogP contribution in [0, 0.1) is 0 Å². The van der Waals surface area contributed by atoms with E-state index in [9.17, 15) is 19.2 Å². The maximum atomic E-state index is 12.1. The van der Waals surface area contributed by atoms with E-state index in [-0.39, 0.29) is 31.5 Å². The van der Waals surface area contributed by atoms with Crippen molar-refractivity contribution in [2.24, 2.45) is 5.73 Å². The number of hydroxylamine groups is 2. The van der Waals surface area contributed by atoms with Crippen molar-refractivity contribution in [2.75, 3.05) is 0 Å². The van der Waals surface area contributed by atoms with Crippen molar-refractivity contribution in [3.05, 3.63) is 0 Å². The summed E-state index contributed by atoms with van der Waals surface area (Å²) in [5.74, 6) is -1.79. The fourth-order valence-electron chi connectivity index (χ4n) is 4.10. The second-order valence-electron chi connectivity index (χ2n) is 9.36. The molecular formula is C26H46N2O5. The van der Waals surface area contributed by atoms with Gasteiger partial charge >= 0.3 is 5.97 Å². The van der Waals surface area contributed by atoms with E-state index >= 15 is 0 Å². The van der Waals surface area contributed by atoms with Crippen LogP contribution in [0.1, 0.15) is 135 Å². The topological polar surface area (TPSA) is 107 Å². The first-order chi connectivity index (χ1) is 16.0. The Balaban J connectivity index is 1.91. The Morgan fingerprint density at radius 2 is 1.18 bits per heavy atom. The molecule has 7 heteroatoms. The van der Waals surface area contributed by atoms with E-state index in [1.54, 1.807) is 0 Å². The maximum absolute atomic E-state index is 12.1. The Kier molecular flexibility index (Phi) is 16.5. The van der Waals surface area contributed by atoms with Crippen LogP contribution < -0.4 is 5.73 Å². The zero-order chi connectivity index (χ0) is 24.3. The second-order valence-corrected chi connectivity index (χ2v) is 9.36. The molecule has 0 aromatic carbocycles. The summed E-state index contributed by atoms with van der Waals surface area (Å²) in [6, 6.07) is -0.714. The van der Waals surface area contributed by atoms with Gasteiger partial charge in [-0.05, 0) is 12.8 Å². The van der Waals surface area contributed by atoms with E-state index in [2.05, 4.69) is 6.92 Å². The van der Waals surface area contributed by atoms with Gasteiger partial charge in [0.1, 0.15) is 5.78 Å². The minimum atomic E-state index is -0.714. The van der Waals surface area contributed by atoms with Gasteiger partial charge in [0, 0.05) is 25.7 Å². The number of amides is 2. The molecule has 1 unspecified atom stereocenters. The van der Waals surface area contributed by atoms with Crippen LogP contribution in [0.4, 0.5) is 0 Å². The average molecular weight is 467 g/mol. The molecule has 1 heterocycles. The van der Waals surface area contributed by atoms with Crippen molar-refractivity contribution >= 4 is 23.6 Å². The summed E-state index contributed by atoms with van der Waals surface area (Å²) >= 11 is 0. The molecule has 1 aliphatic heterocycles. The quantitative estimate of drug-likeness (QED) is 0.176. The van der Waals surface area contributed by atoms with Crippen molar-refractivity contribution in [3.63, 3.8) is 0 Å². The molecule has 0 aromatic heterocycles. The average Bonchev–Trinajstić information content (AvgIpc) is 3.11. The maximum Gasteiger partial charge on any atom is 0.333 e. The van der Waals surface area contributed by atoms with Gasteiger partial charge in [-0.15, -0.1) is 5.06 Å². The summed E-state index contributed by atoms with van der Waals surface area (Å²) in [6.07, 6.45) is 19.8. The highest BCUT2D eigenvalue weighted by Gasteiger charge is 2.32. The first-order valence-corrected chi connectivity index (χ1v) is 13.3. The van der Waals surface area contributed by atoms with Gasteiger partial charge in [-0.2, -0.15) is 0 Å². The summed E-state index contributed by atoms with van der Waals surface area (Å²) < 4.78 is 0. The standard InChI is InChI=1S/C26H46N2O5/c1-2-3-4-5-6-7-8-9-10-11-12-13-14-15-16-17-23(29)22(27)18-21-26(32)33-28-24(30)19-20-25(28)31/h22H,2-21,27H2,1H3. The lowest BCUT2D eigenvalue weighted by molar-refractivity contribution is -0.197. The Hall–Kier alpha value is -1.76. The third kappa shape index (κ3) is 14.2. The Morgan fingerprint density at radius 3 is 1.64 bits per heavy atom. The first kappa shape index (κ1) is 29.3. The van der Waals surface area contributed by atoms with E-state index in [0.29, 0.717) is 11.5 Å². The second kappa shape index (κ2) is 18.6. The molecule has 0 bridgehead atoms. The van der Waals surface area contributed by atoms with Crippen LogP contribution in [-0.2, 0) is 24.0 Å². The van der Waals surface area contributed by atoms with Crippen LogP contribution in [0.25, 0.3) is 0 Å². The molecule has 1 aliphatic rings. The van der Waals surface area contributed by atoms with Crippen LogP contribution in [0.3, 0.4) is 0 Å². The van der Waals surface area contributed by atoms with E-state index in [1.165, 1.54) is 77.0 Å². The smallest absolute Gasteiger partial charge is 0.330 e. The molecule has 1 fully saturated rings. The molecule has 0 aromatic rings. The summed E-state index contributed by atoms with van der Waals surface area (Å²) in [7, 11) is 0. The molecule has 0 aliphatic carbocycles. The SMILES string of the molecule is CCCCCCCCCCCCCCCCCC(=O)C(N)CCC(=O)ON1C(=O)CCC1=O. The monoisotopic (exact) mass is 466 g/mol. The molecule has 2 amide bonds. The highest BCUT2D eigenvalue weighted by molar-refractivity contribution is 6.01. The summed E-state index contributed by atoms with van der Waals surface area (Å²) in [6.45, 7) is 2.26. The molecule has 7 nitrogen and oxygen atoms in total. The molecule has 33 heavy (non-hydrogen) atoms. The van der Waals surface area contributed by atoms with Crippen molar-refractivity contribution in [1.82, 2.24) is 5.06 Å². The van der Waals surface area contributed by atoms with Crippen molar-refractivity contribution in [1.29, 1.82) is 0 Å². The minimum absolute atomic E-state index is 0.0502. The fourth-order valence-corrected chi connectivity index (χ4v) is 4.10. The van der Waals surface area contributed by atoms with Crippen molar-refractivity contribution in [3.8, 4) is 0 Å². The number of rotatable bonds is 21. The number of imide groups is 1. The van der Waals surface area contributed by atoms with Crippen molar-refractivity contribution in [2.45, 2.75) is 141 Å². The van der Waals surface area contributed by atoms with Crippen molar-refractivity contribution < 1.29 is 24.0 Å². The summed E-state index contributed by atoms with van der Waals surface area (Å²) in [5, 5.41) is 0.519. The molecule has 0 radical (unpaired) electrons. The number of ketones is 1. The lowest BCUT2D eigenvalue weighted by atomic mass is 10.0.